The summed E-state index contributed by atoms with van der Waals surface area (Å²) in [6.45, 7) is 10.4. The first-order valence-electron chi connectivity index (χ1n) is 19.2. The maximum atomic E-state index is 13.3. The minimum atomic E-state index is -3.76. The summed E-state index contributed by atoms with van der Waals surface area (Å²) in [5.74, 6) is 0.987. The summed E-state index contributed by atoms with van der Waals surface area (Å²) >= 11 is 0. The van der Waals surface area contributed by atoms with Crippen molar-refractivity contribution < 1.29 is 28.1 Å². The molecule has 2 fully saturated rings. The molecule has 0 aromatic heterocycles. The highest BCUT2D eigenvalue weighted by molar-refractivity contribution is 7.91. The Bertz CT molecular complexity index is 1740. The number of aliphatic hydroxyl groups is 2. The molecule has 0 amide bonds. The number of hydrogen-bond donors (Lipinski definition) is 2. The van der Waals surface area contributed by atoms with Gasteiger partial charge in [0, 0.05) is 78.5 Å². The Morgan fingerprint density at radius 2 is 0.855 bits per heavy atom. The second-order valence-electron chi connectivity index (χ2n) is 14.2. The average molecular weight is 767 g/mol. The van der Waals surface area contributed by atoms with Crippen LogP contribution in [-0.2, 0) is 9.84 Å². The molecule has 55 heavy (non-hydrogen) atoms. The van der Waals surface area contributed by atoms with Gasteiger partial charge in [-0.2, -0.15) is 0 Å². The molecule has 0 unspecified atom stereocenters. The molecule has 0 saturated carbocycles. The van der Waals surface area contributed by atoms with Crippen LogP contribution in [0.2, 0.25) is 0 Å². The van der Waals surface area contributed by atoms with E-state index in [1.54, 1.807) is 24.3 Å². The molecule has 11 heteroatoms. The van der Waals surface area contributed by atoms with Gasteiger partial charge in [0.1, 0.15) is 36.9 Å². The molecule has 0 radical (unpaired) electrons. The van der Waals surface area contributed by atoms with E-state index in [0.29, 0.717) is 24.6 Å². The molecule has 292 valence electrons. The molecule has 0 bridgehead atoms. The van der Waals surface area contributed by atoms with Crippen LogP contribution < -0.4 is 9.47 Å². The third kappa shape index (κ3) is 12.9. The smallest absolute Gasteiger partial charge is 0.206 e. The lowest BCUT2D eigenvalue weighted by Gasteiger charge is -2.35. The van der Waals surface area contributed by atoms with Gasteiger partial charge in [0.2, 0.25) is 9.84 Å². The number of nitrogens with zero attached hydrogens (tertiary/aromatic N) is 4. The van der Waals surface area contributed by atoms with E-state index in [2.05, 4.69) is 68.2 Å². The van der Waals surface area contributed by atoms with E-state index < -0.39 is 22.0 Å². The first kappa shape index (κ1) is 40.3. The van der Waals surface area contributed by atoms with Crippen LogP contribution in [0, 0.1) is 0 Å². The molecule has 6 rings (SSSR count). The number of sulfone groups is 1. The molecule has 10 nitrogen and oxygen atoms in total. The average Bonchev–Trinajstić information content (AvgIpc) is 3.22. The van der Waals surface area contributed by atoms with Gasteiger partial charge in [-0.3, -0.25) is 19.6 Å². The predicted octanol–water partition coefficient (Wildman–Crippen LogP) is 4.66. The normalized spacial score (nSPS) is 17.8. The summed E-state index contributed by atoms with van der Waals surface area (Å²) in [4.78, 5) is 9.59. The van der Waals surface area contributed by atoms with Crippen LogP contribution in [0.3, 0.4) is 0 Å². The fourth-order valence-corrected chi connectivity index (χ4v) is 8.03. The zero-order valence-corrected chi connectivity index (χ0v) is 32.3. The molecule has 2 aliphatic heterocycles. The maximum Gasteiger partial charge on any atom is 0.206 e. The zero-order chi connectivity index (χ0) is 38.3. The van der Waals surface area contributed by atoms with Gasteiger partial charge < -0.3 is 19.7 Å². The number of rotatable bonds is 18. The molecule has 2 aliphatic rings. The minimum Gasteiger partial charge on any atom is -0.491 e. The van der Waals surface area contributed by atoms with Crippen molar-refractivity contribution >= 4 is 22.0 Å². The van der Waals surface area contributed by atoms with Gasteiger partial charge in [-0.05, 0) is 59.7 Å². The Kier molecular flexibility index (Phi) is 15.1. The highest BCUT2D eigenvalue weighted by Crippen LogP contribution is 2.25. The summed E-state index contributed by atoms with van der Waals surface area (Å²) in [5, 5.41) is 21.3. The number of aliphatic hydroxyl groups excluding tert-OH is 2. The lowest BCUT2D eigenvalue weighted by molar-refractivity contribution is 0.0481. The van der Waals surface area contributed by atoms with Crippen molar-refractivity contribution in [1.82, 2.24) is 19.6 Å². The molecule has 2 heterocycles. The van der Waals surface area contributed by atoms with Gasteiger partial charge >= 0.3 is 0 Å². The molecule has 2 saturated heterocycles. The number of β-amino-alcohol motifs (C(OH)–C–C–N with tert-alkyl or cyclic N) is 2. The summed E-state index contributed by atoms with van der Waals surface area (Å²) in [6.07, 6.45) is 7.36. The first-order valence-corrected chi connectivity index (χ1v) is 20.7. The Morgan fingerprint density at radius 3 is 1.22 bits per heavy atom. The number of ether oxygens (including phenoxy) is 2. The van der Waals surface area contributed by atoms with Crippen molar-refractivity contribution in [2.75, 3.05) is 91.8 Å². The molecule has 0 spiro atoms. The Hall–Kier alpha value is -4.33. The molecule has 0 aliphatic carbocycles. The Labute approximate surface area is 326 Å². The molecular formula is C44H54N4O6S. The van der Waals surface area contributed by atoms with Gasteiger partial charge in [0.25, 0.3) is 0 Å². The fourth-order valence-electron chi connectivity index (χ4n) is 6.77. The van der Waals surface area contributed by atoms with Crippen molar-refractivity contribution in [3.63, 3.8) is 0 Å². The standard InChI is InChI=1S/C44H54N4O6S/c49-39(33-47-29-25-45(26-30-47)23-7-13-37-9-3-1-4-10-37)35-53-41-15-19-43(20-16-41)55(51,52)44-21-17-42(18-22-44)54-36-40(50)34-48-31-27-46(28-32-48)24-8-14-38-11-5-2-6-12-38/h1-22,39-40,49-50H,23-36H2/b13-7+,14-8+/t39-,40+. The third-order valence-corrected chi connectivity index (χ3v) is 11.8. The maximum absolute atomic E-state index is 13.3. The zero-order valence-electron chi connectivity index (χ0n) is 31.5. The van der Waals surface area contributed by atoms with Gasteiger partial charge in [-0.15, -0.1) is 0 Å². The van der Waals surface area contributed by atoms with Gasteiger partial charge in [-0.1, -0.05) is 85.0 Å². The third-order valence-electron chi connectivity index (χ3n) is 9.97. The van der Waals surface area contributed by atoms with Crippen molar-refractivity contribution in [3.05, 3.63) is 132 Å². The van der Waals surface area contributed by atoms with Crippen molar-refractivity contribution in [2.45, 2.75) is 22.0 Å². The van der Waals surface area contributed by atoms with Crippen LogP contribution in [0.1, 0.15) is 11.1 Å². The van der Waals surface area contributed by atoms with E-state index in [0.717, 1.165) is 65.4 Å². The van der Waals surface area contributed by atoms with Gasteiger partial charge in [0.15, 0.2) is 0 Å². The van der Waals surface area contributed by atoms with Crippen LogP contribution in [0.25, 0.3) is 12.2 Å². The van der Waals surface area contributed by atoms with Crippen molar-refractivity contribution in [1.29, 1.82) is 0 Å². The van der Waals surface area contributed by atoms with E-state index >= 15 is 0 Å². The lowest BCUT2D eigenvalue weighted by Crippen LogP contribution is -2.49. The fraction of sp³-hybridized carbons (Fsp3) is 0.364. The quantitative estimate of drug-likeness (QED) is 0.149. The van der Waals surface area contributed by atoms with Crippen LogP contribution in [0.5, 0.6) is 11.5 Å². The predicted molar refractivity (Wildman–Crippen MR) is 218 cm³/mol. The van der Waals surface area contributed by atoms with E-state index in [9.17, 15) is 18.6 Å². The van der Waals surface area contributed by atoms with Crippen LogP contribution >= 0.6 is 0 Å². The van der Waals surface area contributed by atoms with Crippen LogP contribution in [0.4, 0.5) is 0 Å². The second kappa shape index (κ2) is 20.5. The van der Waals surface area contributed by atoms with Gasteiger partial charge in [0.05, 0.1) is 9.79 Å². The summed E-state index contributed by atoms with van der Waals surface area (Å²) in [6, 6.07) is 33.1. The summed E-state index contributed by atoms with van der Waals surface area (Å²) in [7, 11) is -3.76. The number of hydrogen-bond acceptors (Lipinski definition) is 10. The first-order chi connectivity index (χ1) is 26.8. The van der Waals surface area contributed by atoms with E-state index in [1.807, 2.05) is 36.4 Å². The largest absolute Gasteiger partial charge is 0.491 e. The van der Waals surface area contributed by atoms with Crippen LogP contribution in [-0.4, -0.2) is 142 Å². The van der Waals surface area contributed by atoms with E-state index in [1.165, 1.54) is 35.4 Å². The minimum absolute atomic E-state index is 0.117. The van der Waals surface area contributed by atoms with Gasteiger partial charge in [-0.25, -0.2) is 8.42 Å². The summed E-state index contributed by atoms with van der Waals surface area (Å²) < 4.78 is 38.3. The monoisotopic (exact) mass is 766 g/mol. The lowest BCUT2D eigenvalue weighted by atomic mass is 10.2. The highest BCUT2D eigenvalue weighted by atomic mass is 32.2. The van der Waals surface area contributed by atoms with Crippen LogP contribution in [0.15, 0.2) is 131 Å². The highest BCUT2D eigenvalue weighted by Gasteiger charge is 2.22. The van der Waals surface area contributed by atoms with E-state index in [4.69, 9.17) is 9.47 Å². The molecule has 4 aromatic rings. The number of benzene rings is 4. The summed E-state index contributed by atoms with van der Waals surface area (Å²) in [5.41, 5.74) is 2.40. The molecule has 2 N–H and O–H groups in total. The Balaban J connectivity index is 0.862. The SMILES string of the molecule is O=S(=O)(c1ccc(OC[C@@H](O)CN2CCN(C/C=C/c3ccccc3)CC2)cc1)c1ccc(OC[C@H](O)CN2CCN(C/C=C/c3ccccc3)CC2)cc1. The number of piperazine rings is 2. The van der Waals surface area contributed by atoms with Crippen molar-refractivity contribution in [3.8, 4) is 11.5 Å². The topological polar surface area (TPSA) is 106 Å². The molecule has 2 atom stereocenters. The van der Waals surface area contributed by atoms with Crippen molar-refractivity contribution in [2.24, 2.45) is 0 Å². The van der Waals surface area contributed by atoms with E-state index in [-0.39, 0.29) is 23.0 Å². The Morgan fingerprint density at radius 1 is 0.509 bits per heavy atom. The molecular weight excluding hydrogens is 713 g/mol. The second-order valence-corrected chi connectivity index (χ2v) is 16.2. The molecule has 4 aromatic carbocycles.